The van der Waals surface area contributed by atoms with E-state index < -0.39 is 10.5 Å². The standard InChI is InChI=1S/C15H9N3O3/c19-15-12-7-10(18(20)21)5-6-13(12)17-8-9-3-1-2-4-11(9)14(17)16-15/h1-7H,8H2. The minimum absolute atomic E-state index is 0.0996. The topological polar surface area (TPSA) is 78.0 Å². The minimum atomic E-state index is -0.508. The van der Waals surface area contributed by atoms with Gasteiger partial charge in [0.1, 0.15) is 5.82 Å². The summed E-state index contributed by atoms with van der Waals surface area (Å²) in [6.07, 6.45) is 0. The van der Waals surface area contributed by atoms with Gasteiger partial charge in [0.05, 0.1) is 22.4 Å². The lowest BCUT2D eigenvalue weighted by Gasteiger charge is -2.07. The van der Waals surface area contributed by atoms with E-state index in [-0.39, 0.29) is 11.1 Å². The molecule has 0 amide bonds. The molecule has 0 fully saturated rings. The van der Waals surface area contributed by atoms with Crippen LogP contribution in [0.1, 0.15) is 5.56 Å². The van der Waals surface area contributed by atoms with Crippen LogP contribution in [0.4, 0.5) is 5.69 Å². The number of benzene rings is 2. The van der Waals surface area contributed by atoms with Gasteiger partial charge >= 0.3 is 0 Å². The molecule has 1 aliphatic rings. The van der Waals surface area contributed by atoms with Gasteiger partial charge in [0.25, 0.3) is 11.2 Å². The summed E-state index contributed by atoms with van der Waals surface area (Å²) in [5, 5.41) is 11.1. The monoisotopic (exact) mass is 279 g/mol. The van der Waals surface area contributed by atoms with Crippen molar-refractivity contribution in [2.24, 2.45) is 0 Å². The van der Waals surface area contributed by atoms with Gasteiger partial charge in [0, 0.05) is 17.7 Å². The molecule has 6 nitrogen and oxygen atoms in total. The number of nitrogens with zero attached hydrogens (tertiary/aromatic N) is 3. The molecule has 0 aliphatic carbocycles. The molecule has 6 heteroatoms. The second-order valence-corrected chi connectivity index (χ2v) is 4.94. The Kier molecular flexibility index (Phi) is 2.24. The number of non-ortho nitro benzene ring substituents is 1. The Morgan fingerprint density at radius 2 is 2.00 bits per heavy atom. The highest BCUT2D eigenvalue weighted by atomic mass is 16.6. The third kappa shape index (κ3) is 1.59. The molecule has 0 unspecified atom stereocenters. The molecule has 21 heavy (non-hydrogen) atoms. The summed E-state index contributed by atoms with van der Waals surface area (Å²) < 4.78 is 1.92. The van der Waals surface area contributed by atoms with Crippen molar-refractivity contribution in [2.75, 3.05) is 0 Å². The fourth-order valence-corrected chi connectivity index (χ4v) is 2.79. The first-order valence-corrected chi connectivity index (χ1v) is 6.42. The average molecular weight is 279 g/mol. The molecule has 2 heterocycles. The first-order valence-electron chi connectivity index (χ1n) is 6.42. The molecule has 0 saturated carbocycles. The highest BCUT2D eigenvalue weighted by Crippen LogP contribution is 2.32. The van der Waals surface area contributed by atoms with E-state index in [1.165, 1.54) is 12.1 Å². The van der Waals surface area contributed by atoms with Crippen molar-refractivity contribution in [1.29, 1.82) is 0 Å². The van der Waals surface area contributed by atoms with Crippen molar-refractivity contribution < 1.29 is 4.92 Å². The van der Waals surface area contributed by atoms with Gasteiger partial charge in [-0.3, -0.25) is 14.9 Å². The van der Waals surface area contributed by atoms with Crippen molar-refractivity contribution in [1.82, 2.24) is 9.55 Å². The average Bonchev–Trinajstić information content (AvgIpc) is 2.86. The maximum absolute atomic E-state index is 12.2. The number of nitro benzene ring substituents is 1. The van der Waals surface area contributed by atoms with Crippen LogP contribution in [0.15, 0.2) is 47.3 Å². The van der Waals surface area contributed by atoms with Gasteiger partial charge in [0.2, 0.25) is 0 Å². The zero-order valence-electron chi connectivity index (χ0n) is 10.8. The Morgan fingerprint density at radius 3 is 2.81 bits per heavy atom. The van der Waals surface area contributed by atoms with Crippen molar-refractivity contribution in [3.05, 3.63) is 68.5 Å². The predicted octanol–water partition coefficient (Wildman–Crippen LogP) is 2.33. The summed E-state index contributed by atoms with van der Waals surface area (Å²) in [6.45, 7) is 0.618. The Labute approximate surface area is 118 Å². The molecular weight excluding hydrogens is 270 g/mol. The van der Waals surface area contributed by atoms with Gasteiger partial charge in [-0.25, -0.2) is 0 Å². The van der Waals surface area contributed by atoms with Crippen molar-refractivity contribution in [2.45, 2.75) is 6.54 Å². The summed E-state index contributed by atoms with van der Waals surface area (Å²) in [7, 11) is 0. The van der Waals surface area contributed by atoms with E-state index in [2.05, 4.69) is 4.98 Å². The second-order valence-electron chi connectivity index (χ2n) is 4.94. The summed E-state index contributed by atoms with van der Waals surface area (Å²) in [5.41, 5.74) is 2.17. The van der Waals surface area contributed by atoms with E-state index in [1.807, 2.05) is 28.8 Å². The van der Waals surface area contributed by atoms with E-state index >= 15 is 0 Å². The Hall–Kier alpha value is -3.02. The zero-order valence-corrected chi connectivity index (χ0v) is 10.8. The Morgan fingerprint density at radius 1 is 1.19 bits per heavy atom. The molecule has 0 bridgehead atoms. The lowest BCUT2D eigenvalue weighted by molar-refractivity contribution is -0.384. The van der Waals surface area contributed by atoms with E-state index in [1.54, 1.807) is 6.07 Å². The van der Waals surface area contributed by atoms with Crippen LogP contribution >= 0.6 is 0 Å². The van der Waals surface area contributed by atoms with Gasteiger partial charge in [-0.2, -0.15) is 4.98 Å². The van der Waals surface area contributed by atoms with Crippen LogP contribution in [-0.2, 0) is 6.54 Å². The van der Waals surface area contributed by atoms with Crippen LogP contribution in [0.25, 0.3) is 22.3 Å². The fraction of sp³-hybridized carbons (Fsp3) is 0.0667. The molecule has 0 N–H and O–H groups in total. The third-order valence-electron chi connectivity index (χ3n) is 3.76. The highest BCUT2D eigenvalue weighted by molar-refractivity contribution is 5.84. The smallest absolute Gasteiger partial charge is 0.281 e. The molecule has 102 valence electrons. The van der Waals surface area contributed by atoms with Gasteiger partial charge in [-0.15, -0.1) is 0 Å². The van der Waals surface area contributed by atoms with E-state index in [4.69, 9.17) is 0 Å². The van der Waals surface area contributed by atoms with Gasteiger partial charge in [-0.05, 0) is 11.6 Å². The SMILES string of the molecule is O=c1nc2n(c3ccc([N+](=O)[O-])cc13)Cc1ccccc1-2. The summed E-state index contributed by atoms with van der Waals surface area (Å²) >= 11 is 0. The van der Waals surface area contributed by atoms with E-state index in [9.17, 15) is 14.9 Å². The molecule has 1 aromatic heterocycles. The van der Waals surface area contributed by atoms with E-state index in [0.717, 1.165) is 11.1 Å². The number of nitro groups is 1. The van der Waals surface area contributed by atoms with Crippen LogP contribution in [-0.4, -0.2) is 14.5 Å². The highest BCUT2D eigenvalue weighted by Gasteiger charge is 2.22. The summed E-state index contributed by atoms with van der Waals surface area (Å²) in [5.74, 6) is 0.622. The number of hydrogen-bond donors (Lipinski definition) is 0. The first kappa shape index (κ1) is 11.8. The first-order chi connectivity index (χ1) is 10.1. The number of fused-ring (bicyclic) bond motifs is 5. The fourth-order valence-electron chi connectivity index (χ4n) is 2.79. The maximum Gasteiger partial charge on any atom is 0.281 e. The molecule has 4 rings (SSSR count). The van der Waals surface area contributed by atoms with Crippen LogP contribution in [0.5, 0.6) is 0 Å². The van der Waals surface area contributed by atoms with Crippen molar-refractivity contribution in [3.8, 4) is 11.4 Å². The number of rotatable bonds is 1. The molecular formula is C15H9N3O3. The second kappa shape index (κ2) is 3.99. The lowest BCUT2D eigenvalue weighted by Crippen LogP contribution is -2.13. The van der Waals surface area contributed by atoms with Gasteiger partial charge in [0.15, 0.2) is 0 Å². The van der Waals surface area contributed by atoms with Crippen LogP contribution < -0.4 is 5.56 Å². The third-order valence-corrected chi connectivity index (χ3v) is 3.76. The molecule has 0 saturated heterocycles. The van der Waals surface area contributed by atoms with Crippen molar-refractivity contribution >= 4 is 16.6 Å². The van der Waals surface area contributed by atoms with Crippen LogP contribution in [0.3, 0.4) is 0 Å². The molecule has 0 radical (unpaired) electrons. The molecule has 3 aromatic rings. The zero-order chi connectivity index (χ0) is 14.6. The van der Waals surface area contributed by atoms with Gasteiger partial charge in [-0.1, -0.05) is 24.3 Å². The van der Waals surface area contributed by atoms with Crippen LogP contribution in [0.2, 0.25) is 0 Å². The normalized spacial score (nSPS) is 12.2. The molecule has 2 aromatic carbocycles. The summed E-state index contributed by atoms with van der Waals surface area (Å²) in [4.78, 5) is 26.6. The minimum Gasteiger partial charge on any atom is -0.320 e. The van der Waals surface area contributed by atoms with Crippen LogP contribution in [0, 0.1) is 10.1 Å². The largest absolute Gasteiger partial charge is 0.320 e. The summed E-state index contributed by atoms with van der Waals surface area (Å²) in [6, 6.07) is 12.1. The molecule has 0 atom stereocenters. The maximum atomic E-state index is 12.2. The molecule has 0 spiro atoms. The molecule has 1 aliphatic heterocycles. The predicted molar refractivity (Wildman–Crippen MR) is 77.2 cm³/mol. The number of aromatic nitrogens is 2. The quantitative estimate of drug-likeness (QED) is 0.396. The van der Waals surface area contributed by atoms with Gasteiger partial charge < -0.3 is 4.57 Å². The van der Waals surface area contributed by atoms with E-state index in [0.29, 0.717) is 17.9 Å². The lowest BCUT2D eigenvalue weighted by atomic mass is 10.1. The Bertz CT molecular complexity index is 976. The van der Waals surface area contributed by atoms with Crippen molar-refractivity contribution in [3.63, 3.8) is 0 Å². The number of hydrogen-bond acceptors (Lipinski definition) is 4. The Balaban J connectivity index is 2.07.